The Labute approximate surface area is 359 Å². The van der Waals surface area contributed by atoms with Crippen molar-refractivity contribution in [1.29, 1.82) is 0 Å². The van der Waals surface area contributed by atoms with Gasteiger partial charge in [-0.1, -0.05) is 0 Å². The van der Waals surface area contributed by atoms with Crippen molar-refractivity contribution >= 4 is 34.7 Å². The van der Waals surface area contributed by atoms with Gasteiger partial charge in [0.25, 0.3) is 0 Å². The van der Waals surface area contributed by atoms with Gasteiger partial charge in [-0.3, -0.25) is 4.79 Å². The summed E-state index contributed by atoms with van der Waals surface area (Å²) in [5.41, 5.74) is 23.4. The number of carboxylic acids is 1. The van der Waals surface area contributed by atoms with E-state index in [1.54, 1.807) is 30.7 Å². The second kappa shape index (κ2) is 18.7. The molecule has 10 rings (SSSR count). The van der Waals surface area contributed by atoms with Crippen LogP contribution in [0.2, 0.25) is 0 Å². The van der Waals surface area contributed by atoms with Crippen LogP contribution < -0.4 is 17.2 Å². The standard InChI is InChI=1S/C22H22N6O3.C16H12N6O3.C5H11NO/c1-13-10-25-17-5-3-15(11-28(13)17)18-20(22-24-7-9-31-22)27-21(23)19(26-18)16(29)4-2-14-6-8-30-12-14;1-8-6-19-10-3-2-9(7-22(8)10)11-12(15-18-4-5-25-15)21-14(17)13(20-11)16(23)24;6-3-5-1-2-7-4-5/h3,5,7,9-11,14H,2,4,6,8,12H2,1H3,(H2,23,27);2-7H,1H3,(H2,17,21)(H,23,24);5H,1-4,6H2/t14-;;5-/m1.0/s1. The van der Waals surface area contributed by atoms with Gasteiger partial charge in [-0.05, 0) is 75.8 Å². The number of ether oxygens (including phenoxy) is 2. The largest absolute Gasteiger partial charge is 0.476 e. The third-order valence-electron chi connectivity index (χ3n) is 10.7. The van der Waals surface area contributed by atoms with E-state index in [4.69, 9.17) is 35.5 Å². The van der Waals surface area contributed by atoms with Crippen molar-refractivity contribution in [2.45, 2.75) is 39.5 Å². The summed E-state index contributed by atoms with van der Waals surface area (Å²) in [7, 11) is 0. The Balaban J connectivity index is 0.000000152. The summed E-state index contributed by atoms with van der Waals surface area (Å²) < 4.78 is 25.0. The minimum atomic E-state index is -1.26. The molecule has 7 N–H and O–H groups in total. The molecule has 0 aliphatic carbocycles. The lowest BCUT2D eigenvalue weighted by Crippen LogP contribution is -2.13. The molecular weight excluding hydrogens is 811 g/mol. The van der Waals surface area contributed by atoms with E-state index >= 15 is 0 Å². The maximum atomic E-state index is 13.0. The number of ketones is 1. The van der Waals surface area contributed by atoms with E-state index in [9.17, 15) is 14.7 Å². The van der Waals surface area contributed by atoms with Crippen LogP contribution in [0.15, 0.2) is 82.8 Å². The predicted molar refractivity (Wildman–Crippen MR) is 229 cm³/mol. The lowest BCUT2D eigenvalue weighted by atomic mass is 9.99. The molecule has 2 aliphatic rings. The SMILES string of the molecule is Cc1cnc2ccc(-c3nc(C(=O)CC[C@@H]4CCOC4)c(N)nc3-c3ncco3)cn12.Cc1cnc2ccc(-c3nc(C(=O)O)c(N)nc3-c3ncco3)cn12.NC[C@@H]1CCOC1. The van der Waals surface area contributed by atoms with Crippen molar-refractivity contribution < 1.29 is 33.0 Å². The second-order valence-corrected chi connectivity index (χ2v) is 15.0. The summed E-state index contributed by atoms with van der Waals surface area (Å²) in [6.07, 6.45) is 16.3. The van der Waals surface area contributed by atoms with E-state index in [0.717, 1.165) is 73.9 Å². The lowest BCUT2D eigenvalue weighted by Gasteiger charge is -2.12. The molecule has 0 amide bonds. The topological polar surface area (TPSA) is 289 Å². The van der Waals surface area contributed by atoms with Gasteiger partial charge in [-0.2, -0.15) is 0 Å². The number of rotatable bonds is 10. The maximum absolute atomic E-state index is 13.0. The summed E-state index contributed by atoms with van der Waals surface area (Å²) in [5, 5.41) is 9.30. The highest BCUT2D eigenvalue weighted by Crippen LogP contribution is 2.33. The number of aromatic nitrogens is 10. The molecule has 2 fully saturated rings. The number of Topliss-reactive ketones (excluding diaryl/α,β-unsaturated/α-hetero) is 1. The Morgan fingerprint density at radius 1 is 0.698 bits per heavy atom. The van der Waals surface area contributed by atoms with Crippen molar-refractivity contribution in [3.05, 3.63) is 96.7 Å². The number of hydrogen-bond acceptors (Lipinski definition) is 17. The maximum Gasteiger partial charge on any atom is 0.358 e. The highest BCUT2D eigenvalue weighted by atomic mass is 16.5. The molecule has 8 aromatic rings. The van der Waals surface area contributed by atoms with Crippen LogP contribution in [0.25, 0.3) is 57.0 Å². The first-order valence-electron chi connectivity index (χ1n) is 20.2. The number of hydrogen-bond donors (Lipinski definition) is 4. The highest BCUT2D eigenvalue weighted by Gasteiger charge is 2.25. The Bertz CT molecular complexity index is 2860. The zero-order valence-electron chi connectivity index (χ0n) is 34.5. The Kier molecular flexibility index (Phi) is 12.5. The number of carbonyl (C=O) groups is 2. The number of aryl methyl sites for hydroxylation is 2. The molecular formula is C43H45N13O7. The number of nitrogen functional groups attached to an aromatic ring is 2. The summed E-state index contributed by atoms with van der Waals surface area (Å²) in [4.78, 5) is 58.7. The monoisotopic (exact) mass is 855 g/mol. The molecule has 0 bridgehead atoms. The molecule has 2 atom stereocenters. The van der Waals surface area contributed by atoms with Gasteiger partial charge in [0.2, 0.25) is 11.8 Å². The smallest absolute Gasteiger partial charge is 0.358 e. The molecule has 0 saturated carbocycles. The van der Waals surface area contributed by atoms with Crippen LogP contribution in [0.1, 0.15) is 58.0 Å². The van der Waals surface area contributed by atoms with Crippen molar-refractivity contribution in [2.75, 3.05) is 44.4 Å². The zero-order chi connectivity index (χ0) is 44.0. The van der Waals surface area contributed by atoms with E-state index in [1.807, 2.05) is 41.0 Å². The number of fused-ring (bicyclic) bond motifs is 2. The summed E-state index contributed by atoms with van der Waals surface area (Å²) in [6.45, 7) is 7.93. The first-order valence-corrected chi connectivity index (χ1v) is 20.2. The van der Waals surface area contributed by atoms with E-state index in [1.165, 1.54) is 24.9 Å². The molecule has 0 aromatic carbocycles. The Morgan fingerprint density at radius 2 is 1.21 bits per heavy atom. The van der Waals surface area contributed by atoms with Crippen molar-refractivity contribution in [1.82, 2.24) is 48.7 Å². The fourth-order valence-electron chi connectivity index (χ4n) is 7.16. The fourth-order valence-corrected chi connectivity index (χ4v) is 7.16. The summed E-state index contributed by atoms with van der Waals surface area (Å²) in [6, 6.07) is 7.36. The van der Waals surface area contributed by atoms with Gasteiger partial charge in [-0.25, -0.2) is 44.7 Å². The van der Waals surface area contributed by atoms with Crippen LogP contribution in [0, 0.1) is 25.7 Å². The summed E-state index contributed by atoms with van der Waals surface area (Å²) in [5.74, 6) is 0.0269. The van der Waals surface area contributed by atoms with Gasteiger partial charge >= 0.3 is 5.97 Å². The van der Waals surface area contributed by atoms with Gasteiger partial charge < -0.3 is 49.4 Å². The van der Waals surface area contributed by atoms with Gasteiger partial charge in [0.15, 0.2) is 34.5 Å². The number of nitrogens with zero attached hydrogens (tertiary/aromatic N) is 10. The van der Waals surface area contributed by atoms with Crippen LogP contribution in [0.4, 0.5) is 11.6 Å². The number of aromatic carboxylic acids is 1. The van der Waals surface area contributed by atoms with Crippen LogP contribution in [-0.2, 0) is 9.47 Å². The number of anilines is 2. The number of nitrogens with two attached hydrogens (primary N) is 3. The van der Waals surface area contributed by atoms with Gasteiger partial charge in [-0.15, -0.1) is 0 Å². The zero-order valence-corrected chi connectivity index (χ0v) is 34.5. The van der Waals surface area contributed by atoms with Gasteiger partial charge in [0.1, 0.15) is 40.9 Å². The van der Waals surface area contributed by atoms with Crippen LogP contribution in [-0.4, -0.2) is 98.5 Å². The molecule has 2 aliphatic heterocycles. The van der Waals surface area contributed by atoms with Gasteiger partial charge in [0, 0.05) is 73.5 Å². The number of carboxylic acid groups (broad SMARTS) is 1. The third kappa shape index (κ3) is 9.27. The average Bonchev–Trinajstić information content (AvgIpc) is 4.16. The van der Waals surface area contributed by atoms with Crippen LogP contribution in [0.5, 0.6) is 0 Å². The van der Waals surface area contributed by atoms with Crippen molar-refractivity contribution in [3.63, 3.8) is 0 Å². The number of imidazole rings is 2. The number of pyridine rings is 2. The average molecular weight is 856 g/mol. The Morgan fingerprint density at radius 3 is 1.65 bits per heavy atom. The predicted octanol–water partition coefficient (Wildman–Crippen LogP) is 5.35. The lowest BCUT2D eigenvalue weighted by molar-refractivity contribution is 0.0691. The highest BCUT2D eigenvalue weighted by molar-refractivity contribution is 5.99. The van der Waals surface area contributed by atoms with Crippen LogP contribution in [0.3, 0.4) is 0 Å². The van der Waals surface area contributed by atoms with Crippen molar-refractivity contribution in [2.24, 2.45) is 17.6 Å². The number of oxazole rings is 2. The molecule has 0 radical (unpaired) electrons. The van der Waals surface area contributed by atoms with E-state index in [2.05, 4.69) is 39.9 Å². The Hall–Kier alpha value is -7.42. The first kappa shape index (κ1) is 42.3. The second-order valence-electron chi connectivity index (χ2n) is 15.0. The fraction of sp³-hybridized carbons (Fsp3) is 0.302. The summed E-state index contributed by atoms with van der Waals surface area (Å²) >= 11 is 0. The van der Waals surface area contributed by atoms with E-state index in [-0.39, 0.29) is 40.4 Å². The normalized spacial score (nSPS) is 15.9. The van der Waals surface area contributed by atoms with Crippen molar-refractivity contribution in [3.8, 4) is 45.7 Å². The molecule has 324 valence electrons. The molecule has 20 heteroatoms. The quantitative estimate of drug-likeness (QED) is 0.126. The molecule has 8 aromatic heterocycles. The minimum Gasteiger partial charge on any atom is -0.476 e. The van der Waals surface area contributed by atoms with E-state index < -0.39 is 5.97 Å². The van der Waals surface area contributed by atoms with Gasteiger partial charge in [0.05, 0.1) is 19.0 Å². The molecule has 0 unspecified atom stereocenters. The third-order valence-corrected chi connectivity index (χ3v) is 10.7. The molecule has 0 spiro atoms. The van der Waals surface area contributed by atoms with E-state index in [0.29, 0.717) is 53.4 Å². The molecule has 10 heterocycles. The first-order chi connectivity index (χ1) is 30.6. The molecule has 63 heavy (non-hydrogen) atoms. The molecule has 2 saturated heterocycles. The number of carbonyl (C=O) groups excluding carboxylic acids is 1. The van der Waals surface area contributed by atoms with Crippen LogP contribution >= 0.6 is 0 Å². The molecule has 20 nitrogen and oxygen atoms in total. The minimum absolute atomic E-state index is 0.0736.